The van der Waals surface area contributed by atoms with Gasteiger partial charge < -0.3 is 15.0 Å². The second kappa shape index (κ2) is 10.4. The molecule has 4 aromatic rings. The Kier molecular flexibility index (Phi) is 7.28. The number of thiophene rings is 1. The van der Waals surface area contributed by atoms with Crippen molar-refractivity contribution in [1.29, 1.82) is 0 Å². The number of H-pyrrole nitrogens is 1. The van der Waals surface area contributed by atoms with E-state index in [0.717, 1.165) is 35.6 Å². The molecular formula is C26H29N5O3S. The van der Waals surface area contributed by atoms with Crippen LogP contribution in [0.4, 0.5) is 5.69 Å². The van der Waals surface area contributed by atoms with Gasteiger partial charge in [-0.05, 0) is 63.6 Å². The largest absolute Gasteiger partial charge is 0.465 e. The fourth-order valence-corrected chi connectivity index (χ4v) is 5.14. The number of nitrogens with one attached hydrogen (secondary N) is 2. The van der Waals surface area contributed by atoms with Gasteiger partial charge >= 0.3 is 5.97 Å². The molecule has 8 nitrogen and oxygen atoms in total. The van der Waals surface area contributed by atoms with E-state index in [1.807, 2.05) is 51.1 Å². The first-order valence-corrected chi connectivity index (χ1v) is 12.2. The van der Waals surface area contributed by atoms with Gasteiger partial charge in [0.05, 0.1) is 24.2 Å². The maximum atomic E-state index is 13.0. The van der Waals surface area contributed by atoms with Crippen molar-refractivity contribution in [3.63, 3.8) is 0 Å². The molecule has 182 valence electrons. The molecule has 1 aromatic carbocycles. The number of carbonyl (C=O) groups excluding carboxylic acids is 2. The summed E-state index contributed by atoms with van der Waals surface area (Å²) in [5, 5.41) is 10.9. The molecule has 0 unspecified atom stereocenters. The number of hydrogen-bond donors (Lipinski definition) is 2. The molecule has 35 heavy (non-hydrogen) atoms. The Morgan fingerprint density at radius 3 is 2.60 bits per heavy atom. The number of hydrogen-bond acceptors (Lipinski definition) is 7. The van der Waals surface area contributed by atoms with E-state index >= 15 is 0 Å². The predicted octanol–water partition coefficient (Wildman–Crippen LogP) is 4.66. The Morgan fingerprint density at radius 2 is 1.91 bits per heavy atom. The van der Waals surface area contributed by atoms with Crippen LogP contribution in [0.3, 0.4) is 0 Å². The van der Waals surface area contributed by atoms with Gasteiger partial charge in [-0.15, -0.1) is 11.3 Å². The molecular weight excluding hydrogens is 462 g/mol. The minimum Gasteiger partial charge on any atom is -0.465 e. The van der Waals surface area contributed by atoms with Crippen molar-refractivity contribution < 1.29 is 14.3 Å². The number of rotatable bonds is 8. The van der Waals surface area contributed by atoms with Gasteiger partial charge in [0.1, 0.15) is 9.71 Å². The first-order valence-electron chi connectivity index (χ1n) is 11.3. The average Bonchev–Trinajstić information content (AvgIpc) is 3.36. The number of fused-ring (bicyclic) bond motifs is 1. The van der Waals surface area contributed by atoms with Crippen LogP contribution in [0.15, 0.2) is 36.4 Å². The molecule has 0 bridgehead atoms. The van der Waals surface area contributed by atoms with Gasteiger partial charge in [-0.2, -0.15) is 5.10 Å². The second-order valence-corrected chi connectivity index (χ2v) is 9.62. The fraction of sp³-hybridized carbons (Fsp3) is 0.308. The first kappa shape index (κ1) is 24.6. The number of pyridine rings is 1. The van der Waals surface area contributed by atoms with Crippen LogP contribution in [0, 0.1) is 20.8 Å². The smallest absolute Gasteiger partial charge is 0.350 e. The third-order valence-corrected chi connectivity index (χ3v) is 7.15. The standard InChI is InChI=1S/C26H29N5O3S/c1-15-8-6-7-9-19(15)24(32)28-22-21-11-10-18(27-25(21)35-23(22)26(33)34-5)14-31(4)13-12-20-16(2)29-30-17(20)3/h6-11H,12-14H2,1-5H3,(H,28,32)(H,29,30). The van der Waals surface area contributed by atoms with Crippen molar-refractivity contribution in [1.82, 2.24) is 20.1 Å². The lowest BCUT2D eigenvalue weighted by molar-refractivity contribution is 0.0607. The highest BCUT2D eigenvalue weighted by Gasteiger charge is 2.23. The molecule has 0 aliphatic heterocycles. The number of amides is 1. The normalized spacial score (nSPS) is 11.3. The van der Waals surface area contributed by atoms with Crippen molar-refractivity contribution in [2.45, 2.75) is 33.7 Å². The van der Waals surface area contributed by atoms with Crippen molar-refractivity contribution in [2.24, 2.45) is 0 Å². The molecule has 4 rings (SSSR count). The highest BCUT2D eigenvalue weighted by atomic mass is 32.1. The number of anilines is 1. The summed E-state index contributed by atoms with van der Waals surface area (Å²) in [5.41, 5.74) is 6.11. The molecule has 0 aliphatic carbocycles. The van der Waals surface area contributed by atoms with Crippen LogP contribution in [0.5, 0.6) is 0 Å². The Bertz CT molecular complexity index is 1370. The van der Waals surface area contributed by atoms with E-state index in [0.29, 0.717) is 32.9 Å². The number of likely N-dealkylation sites (N-methyl/N-ethyl adjacent to an activating group) is 1. The summed E-state index contributed by atoms with van der Waals surface area (Å²) >= 11 is 1.22. The van der Waals surface area contributed by atoms with E-state index in [2.05, 4.69) is 27.5 Å². The summed E-state index contributed by atoms with van der Waals surface area (Å²) in [5.74, 6) is -0.779. The molecule has 2 N–H and O–H groups in total. The van der Waals surface area contributed by atoms with Crippen LogP contribution in [0.1, 0.15) is 48.2 Å². The van der Waals surface area contributed by atoms with Crippen molar-refractivity contribution in [2.75, 3.05) is 26.0 Å². The molecule has 3 aromatic heterocycles. The van der Waals surface area contributed by atoms with Gasteiger partial charge in [-0.3, -0.25) is 9.89 Å². The van der Waals surface area contributed by atoms with E-state index in [4.69, 9.17) is 9.72 Å². The van der Waals surface area contributed by atoms with Crippen LogP contribution in [0.2, 0.25) is 0 Å². The summed E-state index contributed by atoms with van der Waals surface area (Å²) in [6, 6.07) is 11.2. The molecule has 1 amide bonds. The zero-order chi connectivity index (χ0) is 25.1. The van der Waals surface area contributed by atoms with E-state index in [1.165, 1.54) is 24.0 Å². The van der Waals surface area contributed by atoms with Gasteiger partial charge in [-0.1, -0.05) is 18.2 Å². The zero-order valence-electron chi connectivity index (χ0n) is 20.6. The van der Waals surface area contributed by atoms with Gasteiger partial charge in [0.15, 0.2) is 0 Å². The van der Waals surface area contributed by atoms with Crippen molar-refractivity contribution in [3.8, 4) is 0 Å². The lowest BCUT2D eigenvalue weighted by Gasteiger charge is -2.16. The van der Waals surface area contributed by atoms with Crippen LogP contribution >= 0.6 is 11.3 Å². The van der Waals surface area contributed by atoms with Crippen LogP contribution in [-0.4, -0.2) is 52.7 Å². The summed E-state index contributed by atoms with van der Waals surface area (Å²) < 4.78 is 4.98. The number of carbonyl (C=O) groups is 2. The van der Waals surface area contributed by atoms with Gasteiger partial charge in [0.2, 0.25) is 0 Å². The number of ether oxygens (including phenoxy) is 1. The molecule has 0 atom stereocenters. The number of benzene rings is 1. The van der Waals surface area contributed by atoms with E-state index in [1.54, 1.807) is 6.07 Å². The molecule has 0 radical (unpaired) electrons. The van der Waals surface area contributed by atoms with Crippen molar-refractivity contribution >= 4 is 39.1 Å². The summed E-state index contributed by atoms with van der Waals surface area (Å²) in [6.45, 7) is 7.44. The maximum absolute atomic E-state index is 13.0. The Hall–Kier alpha value is -3.56. The molecule has 0 spiro atoms. The van der Waals surface area contributed by atoms with Gasteiger partial charge in [0.25, 0.3) is 5.91 Å². The third kappa shape index (κ3) is 5.26. The van der Waals surface area contributed by atoms with E-state index in [-0.39, 0.29) is 5.91 Å². The Labute approximate surface area is 208 Å². The summed E-state index contributed by atoms with van der Waals surface area (Å²) in [6.07, 6.45) is 0.896. The lowest BCUT2D eigenvalue weighted by Crippen LogP contribution is -2.21. The highest BCUT2D eigenvalue weighted by Crippen LogP contribution is 2.36. The molecule has 3 heterocycles. The Morgan fingerprint density at radius 1 is 1.14 bits per heavy atom. The van der Waals surface area contributed by atoms with Gasteiger partial charge in [-0.25, -0.2) is 9.78 Å². The van der Waals surface area contributed by atoms with E-state index < -0.39 is 5.97 Å². The molecule has 9 heteroatoms. The fourth-order valence-electron chi connectivity index (χ4n) is 4.07. The van der Waals surface area contributed by atoms with Gasteiger partial charge in [0, 0.05) is 29.7 Å². The SMILES string of the molecule is COC(=O)c1sc2nc(CN(C)CCc3c(C)n[nH]c3C)ccc2c1NC(=O)c1ccccc1C. The first-order chi connectivity index (χ1) is 16.8. The maximum Gasteiger partial charge on any atom is 0.350 e. The number of esters is 1. The zero-order valence-corrected chi connectivity index (χ0v) is 21.4. The minimum absolute atomic E-state index is 0.276. The van der Waals surface area contributed by atoms with Crippen LogP contribution in [0.25, 0.3) is 10.2 Å². The highest BCUT2D eigenvalue weighted by molar-refractivity contribution is 7.21. The number of aryl methyl sites for hydroxylation is 3. The summed E-state index contributed by atoms with van der Waals surface area (Å²) in [7, 11) is 3.38. The molecule has 0 saturated heterocycles. The molecule has 0 aliphatic rings. The quantitative estimate of drug-likeness (QED) is 0.348. The minimum atomic E-state index is -0.502. The predicted molar refractivity (Wildman–Crippen MR) is 138 cm³/mol. The van der Waals surface area contributed by atoms with E-state index in [9.17, 15) is 9.59 Å². The van der Waals surface area contributed by atoms with Crippen molar-refractivity contribution in [3.05, 3.63) is 75.0 Å². The summed E-state index contributed by atoms with van der Waals surface area (Å²) in [4.78, 5) is 33.5. The topological polar surface area (TPSA) is 100 Å². The molecule has 0 fully saturated rings. The number of nitrogens with zero attached hydrogens (tertiary/aromatic N) is 3. The lowest BCUT2D eigenvalue weighted by atomic mass is 10.1. The third-order valence-electron chi connectivity index (χ3n) is 6.07. The number of aromatic nitrogens is 3. The van der Waals surface area contributed by atoms with Crippen LogP contribution in [-0.2, 0) is 17.7 Å². The van der Waals surface area contributed by atoms with Crippen LogP contribution < -0.4 is 5.32 Å². The average molecular weight is 492 g/mol. The number of methoxy groups -OCH3 is 1. The monoisotopic (exact) mass is 491 g/mol. The second-order valence-electron chi connectivity index (χ2n) is 8.62. The number of aromatic amines is 1. The Balaban J connectivity index is 1.56. The molecule has 0 saturated carbocycles.